The van der Waals surface area contributed by atoms with Gasteiger partial charge in [-0.25, -0.2) is 9.37 Å². The van der Waals surface area contributed by atoms with Gasteiger partial charge >= 0.3 is 0 Å². The highest BCUT2D eigenvalue weighted by molar-refractivity contribution is 14.0. The van der Waals surface area contributed by atoms with Crippen LogP contribution in [0.2, 0.25) is 0 Å². The molecular weight excluding hydrogens is 530 g/mol. The molecule has 6 nitrogen and oxygen atoms in total. The van der Waals surface area contributed by atoms with Crippen molar-refractivity contribution in [1.29, 1.82) is 0 Å². The van der Waals surface area contributed by atoms with Crippen molar-refractivity contribution in [2.24, 2.45) is 4.99 Å². The number of likely N-dealkylation sites (tertiary alicyclic amines) is 1. The molecule has 0 saturated carbocycles. The number of pyridine rings is 1. The number of rotatable bonds is 6. The van der Waals surface area contributed by atoms with Gasteiger partial charge in [-0.15, -0.1) is 24.0 Å². The summed E-state index contributed by atoms with van der Waals surface area (Å²) in [5.41, 5.74) is 2.63. The fourth-order valence-electron chi connectivity index (χ4n) is 4.64. The summed E-state index contributed by atoms with van der Waals surface area (Å²) in [5.74, 6) is 0.938. The topological polar surface area (TPSA) is 55.8 Å². The van der Waals surface area contributed by atoms with Crippen molar-refractivity contribution in [3.05, 3.63) is 59.5 Å². The van der Waals surface area contributed by atoms with Gasteiger partial charge in [-0.2, -0.15) is 0 Å². The van der Waals surface area contributed by atoms with Crippen molar-refractivity contribution in [1.82, 2.24) is 20.5 Å². The highest BCUT2D eigenvalue weighted by atomic mass is 127. The lowest BCUT2D eigenvalue weighted by Gasteiger charge is -2.21. The maximum absolute atomic E-state index is 14.0. The molecule has 2 saturated heterocycles. The summed E-state index contributed by atoms with van der Waals surface area (Å²) in [4.78, 5) is 13.2. The van der Waals surface area contributed by atoms with Crippen LogP contribution in [0.4, 0.5) is 10.2 Å². The third kappa shape index (κ3) is 7.53. The number of halogens is 2. The molecule has 3 heterocycles. The second kappa shape index (κ2) is 13.1. The fraction of sp³-hybridized carbons (Fsp3) is 0.520. The molecule has 4 rings (SSSR count). The summed E-state index contributed by atoms with van der Waals surface area (Å²) in [6.45, 7) is 5.66. The van der Waals surface area contributed by atoms with Crippen LogP contribution in [0.3, 0.4) is 0 Å². The number of aliphatic imine (C=N–C) groups is 1. The van der Waals surface area contributed by atoms with Gasteiger partial charge in [0.2, 0.25) is 0 Å². The SMILES string of the molecule is CN=C(NCc1cccc(CN2CCCCCC2)c1)NC1CCN(c2ncccc2F)C1.I. The molecule has 1 atom stereocenters. The number of nitrogens with zero attached hydrogens (tertiary/aromatic N) is 4. The highest BCUT2D eigenvalue weighted by Gasteiger charge is 2.25. The van der Waals surface area contributed by atoms with Gasteiger partial charge in [0, 0.05) is 45.5 Å². The minimum atomic E-state index is -0.268. The molecule has 180 valence electrons. The Hall–Kier alpha value is -1.94. The quantitative estimate of drug-likeness (QED) is 0.313. The molecule has 2 N–H and O–H groups in total. The smallest absolute Gasteiger partial charge is 0.191 e. The fourth-order valence-corrected chi connectivity index (χ4v) is 4.64. The molecule has 2 aromatic rings. The number of hydrogen-bond donors (Lipinski definition) is 2. The molecule has 2 fully saturated rings. The van der Waals surface area contributed by atoms with Crippen molar-refractivity contribution >= 4 is 35.8 Å². The van der Waals surface area contributed by atoms with E-state index >= 15 is 0 Å². The van der Waals surface area contributed by atoms with Crippen molar-refractivity contribution < 1.29 is 4.39 Å². The van der Waals surface area contributed by atoms with Gasteiger partial charge in [-0.1, -0.05) is 37.1 Å². The maximum Gasteiger partial charge on any atom is 0.191 e. The number of aromatic nitrogens is 1. The summed E-state index contributed by atoms with van der Waals surface area (Å²) < 4.78 is 14.0. The Morgan fingerprint density at radius 2 is 1.88 bits per heavy atom. The van der Waals surface area contributed by atoms with Crippen LogP contribution in [-0.4, -0.2) is 55.1 Å². The van der Waals surface area contributed by atoms with E-state index in [1.54, 1.807) is 19.3 Å². The first-order chi connectivity index (χ1) is 15.7. The molecule has 0 amide bonds. The average molecular weight is 567 g/mol. The molecule has 2 aliphatic rings. The van der Waals surface area contributed by atoms with Crippen LogP contribution in [0, 0.1) is 5.82 Å². The Kier molecular flexibility index (Phi) is 10.2. The van der Waals surface area contributed by atoms with E-state index in [2.05, 4.69) is 49.8 Å². The first-order valence-electron chi connectivity index (χ1n) is 11.8. The van der Waals surface area contributed by atoms with E-state index in [0.29, 0.717) is 12.4 Å². The monoisotopic (exact) mass is 566 g/mol. The average Bonchev–Trinajstić information content (AvgIpc) is 3.12. The summed E-state index contributed by atoms with van der Waals surface area (Å²) in [5, 5.41) is 6.92. The van der Waals surface area contributed by atoms with Gasteiger partial charge < -0.3 is 15.5 Å². The highest BCUT2D eigenvalue weighted by Crippen LogP contribution is 2.20. The summed E-state index contributed by atoms with van der Waals surface area (Å²) in [6, 6.07) is 12.1. The second-order valence-electron chi connectivity index (χ2n) is 8.82. The van der Waals surface area contributed by atoms with Gasteiger partial charge in [0.1, 0.15) is 0 Å². The van der Waals surface area contributed by atoms with E-state index in [-0.39, 0.29) is 35.8 Å². The zero-order valence-electron chi connectivity index (χ0n) is 19.5. The second-order valence-corrected chi connectivity index (χ2v) is 8.82. The van der Waals surface area contributed by atoms with E-state index in [1.165, 1.54) is 56.0 Å². The van der Waals surface area contributed by atoms with Crippen molar-refractivity contribution in [2.75, 3.05) is 38.1 Å². The summed E-state index contributed by atoms with van der Waals surface area (Å²) >= 11 is 0. The van der Waals surface area contributed by atoms with E-state index in [9.17, 15) is 4.39 Å². The Labute approximate surface area is 214 Å². The predicted octanol–water partition coefficient (Wildman–Crippen LogP) is 4.16. The number of anilines is 1. The lowest BCUT2D eigenvalue weighted by Crippen LogP contribution is -2.44. The van der Waals surface area contributed by atoms with Gasteiger partial charge in [0.25, 0.3) is 0 Å². The Bertz CT molecular complexity index is 900. The van der Waals surface area contributed by atoms with Crippen LogP contribution in [0.5, 0.6) is 0 Å². The van der Waals surface area contributed by atoms with E-state index in [0.717, 1.165) is 32.0 Å². The maximum atomic E-state index is 14.0. The van der Waals surface area contributed by atoms with Crippen molar-refractivity contribution in [3.63, 3.8) is 0 Å². The molecular formula is C25H36FIN6. The third-order valence-electron chi connectivity index (χ3n) is 6.35. The minimum Gasteiger partial charge on any atom is -0.352 e. The predicted molar refractivity (Wildman–Crippen MR) is 144 cm³/mol. The molecule has 0 aliphatic carbocycles. The van der Waals surface area contributed by atoms with E-state index < -0.39 is 0 Å². The summed E-state index contributed by atoms with van der Waals surface area (Å²) in [7, 11) is 1.79. The van der Waals surface area contributed by atoms with Crippen LogP contribution in [0.25, 0.3) is 0 Å². The standard InChI is InChI=1S/C25H35FN6.HI/c1-27-25(30-22-11-15-32(19-22)24-23(26)10-7-12-28-24)29-17-20-8-6-9-21(16-20)18-31-13-4-2-3-5-14-31;/h6-10,12,16,22H,2-5,11,13-15,17-19H2,1H3,(H2,27,29,30);1H. The molecule has 1 unspecified atom stereocenters. The molecule has 2 aliphatic heterocycles. The van der Waals surface area contributed by atoms with Crippen molar-refractivity contribution in [3.8, 4) is 0 Å². The number of guanidine groups is 1. The Balaban J connectivity index is 0.00000306. The Morgan fingerprint density at radius 3 is 2.64 bits per heavy atom. The number of nitrogens with one attached hydrogen (secondary N) is 2. The summed E-state index contributed by atoms with van der Waals surface area (Å²) in [6.07, 6.45) is 7.91. The van der Waals surface area contributed by atoms with Crippen LogP contribution in [-0.2, 0) is 13.1 Å². The van der Waals surface area contributed by atoms with Crippen LogP contribution in [0.1, 0.15) is 43.2 Å². The minimum absolute atomic E-state index is 0. The molecule has 1 aromatic heterocycles. The first kappa shape index (κ1) is 25.7. The van der Waals surface area contributed by atoms with E-state index in [4.69, 9.17) is 0 Å². The molecule has 33 heavy (non-hydrogen) atoms. The first-order valence-corrected chi connectivity index (χ1v) is 11.8. The zero-order chi connectivity index (χ0) is 22.2. The Morgan fingerprint density at radius 1 is 1.09 bits per heavy atom. The molecule has 8 heteroatoms. The van der Waals surface area contributed by atoms with Crippen LogP contribution in [0.15, 0.2) is 47.6 Å². The van der Waals surface area contributed by atoms with E-state index in [1.807, 2.05) is 4.90 Å². The normalized spacial score (nSPS) is 19.6. The van der Waals surface area contributed by atoms with Gasteiger partial charge in [-0.05, 0) is 55.6 Å². The molecule has 0 radical (unpaired) electrons. The lowest BCUT2D eigenvalue weighted by atomic mass is 10.1. The number of benzene rings is 1. The molecule has 0 spiro atoms. The molecule has 1 aromatic carbocycles. The number of hydrogen-bond acceptors (Lipinski definition) is 4. The van der Waals surface area contributed by atoms with Crippen LogP contribution < -0.4 is 15.5 Å². The largest absolute Gasteiger partial charge is 0.352 e. The lowest BCUT2D eigenvalue weighted by molar-refractivity contribution is 0.277. The van der Waals surface area contributed by atoms with Crippen LogP contribution >= 0.6 is 24.0 Å². The van der Waals surface area contributed by atoms with Gasteiger partial charge in [-0.3, -0.25) is 9.89 Å². The van der Waals surface area contributed by atoms with Gasteiger partial charge in [0.05, 0.1) is 0 Å². The zero-order valence-corrected chi connectivity index (χ0v) is 21.8. The third-order valence-corrected chi connectivity index (χ3v) is 6.35. The molecule has 0 bridgehead atoms. The van der Waals surface area contributed by atoms with Crippen molar-refractivity contribution in [2.45, 2.75) is 51.2 Å². The van der Waals surface area contributed by atoms with Gasteiger partial charge in [0.15, 0.2) is 17.6 Å².